The molecule has 2 rings (SSSR count). The molecular formula is C13H15Sc. The van der Waals surface area contributed by atoms with Crippen molar-refractivity contribution < 1.29 is 25.8 Å². The summed E-state index contributed by atoms with van der Waals surface area (Å²) in [6, 6.07) is 0. The molecule has 0 saturated heterocycles. The Morgan fingerprint density at radius 3 is 0.643 bits per heavy atom. The van der Waals surface area contributed by atoms with Gasteiger partial charge in [-0.25, -0.2) is 0 Å². The van der Waals surface area contributed by atoms with Crippen LogP contribution in [0.15, 0.2) is 0 Å². The van der Waals surface area contributed by atoms with E-state index in [9.17, 15) is 0 Å². The summed E-state index contributed by atoms with van der Waals surface area (Å²) < 4.78 is 0. The molecule has 0 N–H and O–H groups in total. The van der Waals surface area contributed by atoms with Gasteiger partial charge in [0.05, 0.1) is 0 Å². The SMILES string of the molecule is [CH2][CH][CH2].[CH]1[CH][CH][CH][CH]1.[CH]1[CH][CH][CH][CH]1.[Sc]. The Balaban J connectivity index is 0. The standard InChI is InChI=1S/2C5H5.C3H5.Sc/c2*1-2-4-5-3-1;1-3-2;/h2*1-5H;3H,1-2H2;. The van der Waals surface area contributed by atoms with Gasteiger partial charge in [-0.2, -0.15) is 0 Å². The van der Waals surface area contributed by atoms with Crippen LogP contribution in [0, 0.1) is 84.5 Å². The van der Waals surface area contributed by atoms with Crippen LogP contribution in [0.4, 0.5) is 0 Å². The summed E-state index contributed by atoms with van der Waals surface area (Å²) in [5.74, 6) is 0. The molecule has 2 aliphatic rings. The molecule has 0 bridgehead atoms. The van der Waals surface area contributed by atoms with Gasteiger partial charge in [-0.05, 0) is 84.5 Å². The van der Waals surface area contributed by atoms with Crippen LogP contribution in [0.3, 0.4) is 0 Å². The zero-order chi connectivity index (χ0) is 9.78. The number of rotatable bonds is 0. The fraction of sp³-hybridized carbons (Fsp3) is 0. The molecule has 0 atom stereocenters. The minimum atomic E-state index is 0. The monoisotopic (exact) mass is 216 g/mol. The zero-order valence-electron chi connectivity index (χ0n) is 8.34. The Kier molecular flexibility index (Phi) is 20.1. The van der Waals surface area contributed by atoms with Gasteiger partial charge in [0.1, 0.15) is 0 Å². The summed E-state index contributed by atoms with van der Waals surface area (Å²) in [5.41, 5.74) is 0. The zero-order valence-corrected chi connectivity index (χ0v) is 10.1. The summed E-state index contributed by atoms with van der Waals surface area (Å²) in [4.78, 5) is 0. The van der Waals surface area contributed by atoms with Crippen molar-refractivity contribution >= 4 is 0 Å². The molecule has 0 aromatic heterocycles. The summed E-state index contributed by atoms with van der Waals surface area (Å²) in [7, 11) is 0. The third-order valence-electron chi connectivity index (χ3n) is 1.11. The van der Waals surface area contributed by atoms with E-state index in [0.29, 0.717) is 0 Å². The van der Waals surface area contributed by atoms with E-state index in [-0.39, 0.29) is 25.8 Å². The molecule has 0 unspecified atom stereocenters. The normalized spacial score (nSPS) is 18.4. The fourth-order valence-electron chi connectivity index (χ4n) is 0.642. The van der Waals surface area contributed by atoms with Crippen LogP contribution in [0.5, 0.6) is 0 Å². The molecule has 0 amide bonds. The van der Waals surface area contributed by atoms with E-state index in [4.69, 9.17) is 0 Å². The van der Waals surface area contributed by atoms with Gasteiger partial charge in [0.25, 0.3) is 0 Å². The maximum absolute atomic E-state index is 3.25. The average molecular weight is 216 g/mol. The molecule has 1 heteroatoms. The van der Waals surface area contributed by atoms with E-state index in [1.165, 1.54) is 6.42 Å². The number of hydrogen-bond donors (Lipinski definition) is 0. The van der Waals surface area contributed by atoms with Crippen LogP contribution < -0.4 is 0 Å². The van der Waals surface area contributed by atoms with Crippen molar-refractivity contribution in [1.29, 1.82) is 0 Å². The second kappa shape index (κ2) is 16.3. The maximum atomic E-state index is 3.25. The smallest absolute Gasteiger partial charge is 0 e. The third-order valence-corrected chi connectivity index (χ3v) is 1.11. The summed E-state index contributed by atoms with van der Waals surface area (Å²) in [5, 5.41) is 0. The first kappa shape index (κ1) is 17.3. The van der Waals surface area contributed by atoms with E-state index in [1.54, 1.807) is 0 Å². The summed E-state index contributed by atoms with van der Waals surface area (Å²) in [6.45, 7) is 6.50. The maximum Gasteiger partial charge on any atom is 0 e. The molecule has 70 valence electrons. The van der Waals surface area contributed by atoms with Gasteiger partial charge >= 0.3 is 0 Å². The Morgan fingerprint density at radius 2 is 0.571 bits per heavy atom. The predicted octanol–water partition coefficient (Wildman–Crippen LogP) is 2.90. The van der Waals surface area contributed by atoms with Crippen molar-refractivity contribution in [2.75, 3.05) is 0 Å². The van der Waals surface area contributed by atoms with Gasteiger partial charge in [-0.3, -0.25) is 0 Å². The Morgan fingerprint density at radius 1 is 0.500 bits per heavy atom. The molecule has 0 aliphatic heterocycles. The van der Waals surface area contributed by atoms with Crippen molar-refractivity contribution in [3.8, 4) is 0 Å². The van der Waals surface area contributed by atoms with Crippen LogP contribution in [0.2, 0.25) is 0 Å². The Hall–Kier alpha value is 0.870. The number of hydrogen-bond acceptors (Lipinski definition) is 0. The second-order valence-corrected chi connectivity index (χ2v) is 2.21. The van der Waals surface area contributed by atoms with E-state index < -0.39 is 0 Å². The van der Waals surface area contributed by atoms with Crippen molar-refractivity contribution in [2.24, 2.45) is 0 Å². The van der Waals surface area contributed by atoms with E-state index >= 15 is 0 Å². The van der Waals surface area contributed by atoms with Crippen molar-refractivity contribution in [3.63, 3.8) is 0 Å². The molecule has 2 aliphatic carbocycles. The van der Waals surface area contributed by atoms with Crippen LogP contribution in [-0.2, 0) is 25.8 Å². The second-order valence-electron chi connectivity index (χ2n) is 2.21. The van der Waals surface area contributed by atoms with Gasteiger partial charge < -0.3 is 0 Å². The topological polar surface area (TPSA) is 0 Å². The van der Waals surface area contributed by atoms with Crippen LogP contribution in [0.25, 0.3) is 0 Å². The van der Waals surface area contributed by atoms with Crippen molar-refractivity contribution in [2.45, 2.75) is 0 Å². The third kappa shape index (κ3) is 15.3. The quantitative estimate of drug-likeness (QED) is 0.584. The van der Waals surface area contributed by atoms with E-state index in [2.05, 4.69) is 13.8 Å². The summed E-state index contributed by atoms with van der Waals surface area (Å²) in [6.07, 6.45) is 21.5. The molecule has 0 aromatic rings. The molecule has 0 heterocycles. The minimum Gasteiger partial charge on any atom is -0.0499 e. The fourth-order valence-corrected chi connectivity index (χ4v) is 0.642. The van der Waals surface area contributed by atoms with Gasteiger partial charge in [-0.1, -0.05) is 0 Å². The molecule has 0 nitrogen and oxygen atoms in total. The van der Waals surface area contributed by atoms with Gasteiger partial charge in [-0.15, -0.1) is 0 Å². The summed E-state index contributed by atoms with van der Waals surface area (Å²) >= 11 is 0. The molecule has 0 aromatic carbocycles. The van der Waals surface area contributed by atoms with Gasteiger partial charge in [0.15, 0.2) is 0 Å². The molecule has 0 spiro atoms. The Labute approximate surface area is 110 Å². The molecular weight excluding hydrogens is 201 g/mol. The Bertz CT molecular complexity index is 48.1. The van der Waals surface area contributed by atoms with Crippen LogP contribution in [0.1, 0.15) is 0 Å². The van der Waals surface area contributed by atoms with E-state index in [1.807, 2.05) is 64.2 Å². The minimum absolute atomic E-state index is 0. The van der Waals surface area contributed by atoms with Gasteiger partial charge in [0, 0.05) is 25.8 Å². The first-order valence-corrected chi connectivity index (χ1v) is 4.15. The first-order valence-electron chi connectivity index (χ1n) is 4.15. The van der Waals surface area contributed by atoms with Crippen LogP contribution >= 0.6 is 0 Å². The van der Waals surface area contributed by atoms with Crippen molar-refractivity contribution in [3.05, 3.63) is 84.5 Å². The van der Waals surface area contributed by atoms with Crippen LogP contribution in [-0.4, -0.2) is 0 Å². The molecule has 14 radical (unpaired) electrons. The van der Waals surface area contributed by atoms with E-state index in [0.717, 1.165) is 0 Å². The largest absolute Gasteiger partial charge is 0.0499 e. The molecule has 14 heavy (non-hydrogen) atoms. The predicted molar refractivity (Wildman–Crippen MR) is 58.0 cm³/mol. The first-order chi connectivity index (χ1) is 6.41. The molecule has 2 fully saturated rings. The molecule has 2 saturated carbocycles. The van der Waals surface area contributed by atoms with Gasteiger partial charge in [0.2, 0.25) is 0 Å². The van der Waals surface area contributed by atoms with Crippen molar-refractivity contribution in [1.82, 2.24) is 0 Å². The average Bonchev–Trinajstić information content (AvgIpc) is 2.85.